The summed E-state index contributed by atoms with van der Waals surface area (Å²) in [6.45, 7) is 4.55. The topological polar surface area (TPSA) is 54.5 Å². The summed E-state index contributed by atoms with van der Waals surface area (Å²) in [6, 6.07) is 7.30. The Morgan fingerprint density at radius 3 is 2.43 bits per heavy atom. The molecule has 116 valence electrons. The van der Waals surface area contributed by atoms with Crippen LogP contribution in [0.5, 0.6) is 0 Å². The lowest BCUT2D eigenvalue weighted by atomic mass is 9.86. The zero-order chi connectivity index (χ0) is 15.8. The Morgan fingerprint density at radius 1 is 1.33 bits per heavy atom. The molecule has 2 rings (SSSR count). The highest BCUT2D eigenvalue weighted by molar-refractivity contribution is 7.91. The highest BCUT2D eigenvalue weighted by Crippen LogP contribution is 2.31. The molecule has 0 saturated carbocycles. The van der Waals surface area contributed by atoms with Gasteiger partial charge in [-0.25, -0.2) is 8.42 Å². The van der Waals surface area contributed by atoms with Crippen LogP contribution in [0.25, 0.3) is 0 Å². The molecule has 1 aromatic carbocycles. The number of hydrogen-bond acceptors (Lipinski definition) is 3. The molecule has 1 unspecified atom stereocenters. The van der Waals surface area contributed by atoms with Crippen molar-refractivity contribution < 1.29 is 13.2 Å². The highest BCUT2D eigenvalue weighted by Gasteiger charge is 2.40. The van der Waals surface area contributed by atoms with Gasteiger partial charge in [0.2, 0.25) is 5.91 Å². The Bertz CT molecular complexity index is 636. The fourth-order valence-corrected chi connectivity index (χ4v) is 3.70. The Balaban J connectivity index is 2.16. The second-order valence-corrected chi connectivity index (χ2v) is 8.73. The van der Waals surface area contributed by atoms with E-state index in [1.807, 2.05) is 26.0 Å². The van der Waals surface area contributed by atoms with Crippen molar-refractivity contribution in [3.63, 3.8) is 0 Å². The number of rotatable bonds is 4. The second kappa shape index (κ2) is 5.97. The smallest absolute Gasteiger partial charge is 0.230 e. The number of hydrogen-bond donors (Lipinski definition) is 0. The van der Waals surface area contributed by atoms with E-state index in [1.165, 1.54) is 6.26 Å². The molecule has 6 heteroatoms. The third-order valence-electron chi connectivity index (χ3n) is 3.91. The molecule has 1 atom stereocenters. The normalized spacial score (nSPS) is 17.7. The summed E-state index contributed by atoms with van der Waals surface area (Å²) in [6.07, 6.45) is 1.22. The van der Waals surface area contributed by atoms with E-state index in [9.17, 15) is 13.2 Å². The van der Waals surface area contributed by atoms with E-state index in [0.29, 0.717) is 18.1 Å². The summed E-state index contributed by atoms with van der Waals surface area (Å²) in [4.78, 5) is 14.3. The fourth-order valence-electron chi connectivity index (χ4n) is 2.60. The van der Waals surface area contributed by atoms with Crippen LogP contribution in [0.1, 0.15) is 25.3 Å². The van der Waals surface area contributed by atoms with Crippen LogP contribution < -0.4 is 0 Å². The Kier molecular flexibility index (Phi) is 4.63. The van der Waals surface area contributed by atoms with E-state index in [4.69, 9.17) is 11.6 Å². The standard InChI is InChI=1S/C15H20ClNO3S/c1-10(2)14(11-5-4-6-12(16)7-11)15(18)17-8-13(9-17)21(3,19)20/h4-7,10,13-14H,8-9H2,1-3H3. The van der Waals surface area contributed by atoms with Crippen molar-refractivity contribution in [2.75, 3.05) is 19.3 Å². The molecule has 0 bridgehead atoms. The molecule has 0 spiro atoms. The minimum absolute atomic E-state index is 0.0211. The Hall–Kier alpha value is -1.07. The third-order valence-corrected chi connectivity index (χ3v) is 5.65. The lowest BCUT2D eigenvalue weighted by Crippen LogP contribution is -2.58. The molecule has 1 heterocycles. The van der Waals surface area contributed by atoms with E-state index in [-0.39, 0.29) is 17.7 Å². The number of likely N-dealkylation sites (tertiary alicyclic amines) is 1. The molecule has 21 heavy (non-hydrogen) atoms. The lowest BCUT2D eigenvalue weighted by molar-refractivity contribution is -0.137. The maximum Gasteiger partial charge on any atom is 0.230 e. The first-order chi connectivity index (χ1) is 9.70. The predicted octanol–water partition coefficient (Wildman–Crippen LogP) is 2.34. The van der Waals surface area contributed by atoms with E-state index >= 15 is 0 Å². The Morgan fingerprint density at radius 2 is 1.95 bits per heavy atom. The molecule has 1 fully saturated rings. The van der Waals surface area contributed by atoms with Gasteiger partial charge in [0.25, 0.3) is 0 Å². The largest absolute Gasteiger partial charge is 0.339 e. The van der Waals surface area contributed by atoms with Crippen molar-refractivity contribution in [1.29, 1.82) is 0 Å². The van der Waals surface area contributed by atoms with Gasteiger partial charge in [0.1, 0.15) is 0 Å². The average molecular weight is 330 g/mol. The summed E-state index contributed by atoms with van der Waals surface area (Å²) >= 11 is 6.00. The monoisotopic (exact) mass is 329 g/mol. The third kappa shape index (κ3) is 3.58. The molecule has 4 nitrogen and oxygen atoms in total. The SMILES string of the molecule is CC(C)C(C(=O)N1CC(S(C)(=O)=O)C1)c1cccc(Cl)c1. The van der Waals surface area contributed by atoms with Crippen molar-refractivity contribution in [3.05, 3.63) is 34.9 Å². The first-order valence-corrected chi connectivity index (χ1v) is 9.26. The molecule has 0 N–H and O–H groups in total. The van der Waals surface area contributed by atoms with Crippen LogP contribution in [0.2, 0.25) is 5.02 Å². The number of halogens is 1. The van der Waals surface area contributed by atoms with Crippen molar-refractivity contribution in [3.8, 4) is 0 Å². The summed E-state index contributed by atoms with van der Waals surface area (Å²) in [5, 5.41) is 0.178. The summed E-state index contributed by atoms with van der Waals surface area (Å²) < 4.78 is 22.9. The van der Waals surface area contributed by atoms with Gasteiger partial charge >= 0.3 is 0 Å². The van der Waals surface area contributed by atoms with Gasteiger partial charge in [0, 0.05) is 24.4 Å². The zero-order valence-corrected chi connectivity index (χ0v) is 14.0. The average Bonchev–Trinajstić information content (AvgIpc) is 2.24. The van der Waals surface area contributed by atoms with Crippen molar-refractivity contribution >= 4 is 27.3 Å². The van der Waals surface area contributed by atoms with Gasteiger partial charge < -0.3 is 4.90 Å². The summed E-state index contributed by atoms with van der Waals surface area (Å²) in [7, 11) is -3.06. The van der Waals surface area contributed by atoms with Gasteiger partial charge in [-0.15, -0.1) is 0 Å². The van der Waals surface area contributed by atoms with Crippen LogP contribution in [0.15, 0.2) is 24.3 Å². The number of carbonyl (C=O) groups excluding carboxylic acids is 1. The number of sulfone groups is 1. The van der Waals surface area contributed by atoms with E-state index in [2.05, 4.69) is 0 Å². The van der Waals surface area contributed by atoms with Crippen molar-refractivity contribution in [1.82, 2.24) is 4.90 Å². The Labute approximate surface area is 131 Å². The molecule has 1 aliphatic heterocycles. The van der Waals surface area contributed by atoms with Gasteiger partial charge in [0.15, 0.2) is 9.84 Å². The van der Waals surface area contributed by atoms with Crippen molar-refractivity contribution in [2.24, 2.45) is 5.92 Å². The lowest BCUT2D eigenvalue weighted by Gasteiger charge is -2.40. The summed E-state index contributed by atoms with van der Waals surface area (Å²) in [5.41, 5.74) is 0.880. The van der Waals surface area contributed by atoms with Crippen LogP contribution in [0, 0.1) is 5.92 Å². The van der Waals surface area contributed by atoms with Gasteiger partial charge in [0.05, 0.1) is 11.2 Å². The van der Waals surface area contributed by atoms with E-state index in [1.54, 1.807) is 17.0 Å². The first kappa shape index (κ1) is 16.3. The predicted molar refractivity (Wildman–Crippen MR) is 84.2 cm³/mol. The molecular weight excluding hydrogens is 310 g/mol. The molecule has 0 aromatic heterocycles. The van der Waals surface area contributed by atoms with E-state index in [0.717, 1.165) is 5.56 Å². The van der Waals surface area contributed by atoms with Crippen LogP contribution in [-0.2, 0) is 14.6 Å². The first-order valence-electron chi connectivity index (χ1n) is 6.93. The second-order valence-electron chi connectivity index (χ2n) is 5.97. The van der Waals surface area contributed by atoms with E-state index < -0.39 is 15.1 Å². The van der Waals surface area contributed by atoms with Gasteiger partial charge in [-0.3, -0.25) is 4.79 Å². The van der Waals surface area contributed by atoms with Crippen LogP contribution >= 0.6 is 11.6 Å². The quantitative estimate of drug-likeness (QED) is 0.852. The number of carbonyl (C=O) groups is 1. The minimum Gasteiger partial charge on any atom is -0.339 e. The molecule has 1 saturated heterocycles. The molecule has 1 aromatic rings. The van der Waals surface area contributed by atoms with Gasteiger partial charge in [-0.1, -0.05) is 37.6 Å². The number of amides is 1. The highest BCUT2D eigenvalue weighted by atomic mass is 35.5. The van der Waals surface area contributed by atoms with Crippen LogP contribution in [0.4, 0.5) is 0 Å². The van der Waals surface area contributed by atoms with Gasteiger partial charge in [-0.05, 0) is 23.6 Å². The minimum atomic E-state index is -3.06. The number of nitrogens with zero attached hydrogens (tertiary/aromatic N) is 1. The maximum atomic E-state index is 12.6. The molecule has 1 aliphatic rings. The summed E-state index contributed by atoms with van der Waals surface area (Å²) in [5.74, 6) is -0.190. The van der Waals surface area contributed by atoms with Crippen LogP contribution in [0.3, 0.4) is 0 Å². The number of benzene rings is 1. The maximum absolute atomic E-state index is 12.6. The fraction of sp³-hybridized carbons (Fsp3) is 0.533. The zero-order valence-electron chi connectivity index (χ0n) is 12.4. The molecule has 0 aliphatic carbocycles. The molecular formula is C15H20ClNO3S. The van der Waals surface area contributed by atoms with Gasteiger partial charge in [-0.2, -0.15) is 0 Å². The molecule has 1 amide bonds. The molecule has 0 radical (unpaired) electrons. The van der Waals surface area contributed by atoms with Crippen LogP contribution in [-0.4, -0.2) is 43.8 Å². The van der Waals surface area contributed by atoms with Crippen molar-refractivity contribution in [2.45, 2.75) is 25.0 Å².